The molecule has 0 unspecified atom stereocenters. The van der Waals surface area contributed by atoms with E-state index in [1.807, 2.05) is 30.3 Å². The fourth-order valence-corrected chi connectivity index (χ4v) is 1.57. The van der Waals surface area contributed by atoms with Gasteiger partial charge in [0, 0.05) is 18.7 Å². The zero-order valence-corrected chi connectivity index (χ0v) is 12.4. The number of hydroxylamine groups is 2. The number of benzene rings is 1. The molecule has 0 aliphatic rings. The number of ether oxygens (including phenoxy) is 1. The van der Waals surface area contributed by atoms with Gasteiger partial charge in [0.2, 0.25) is 0 Å². The number of amides is 1. The number of nitrogens with zero attached hydrogens (tertiary/aromatic N) is 1. The molecule has 112 valence electrons. The van der Waals surface area contributed by atoms with Crippen LogP contribution >= 0.6 is 0 Å². The molecule has 0 aliphatic carbocycles. The van der Waals surface area contributed by atoms with Gasteiger partial charge in [-0.05, 0) is 18.6 Å². The zero-order valence-electron chi connectivity index (χ0n) is 12.4. The standard InChI is InChI=1S/C16H19NO4/c1-4-21-15(18)12-8-11-14(16(19)17(2)20-3)13-9-6-5-7-10-13/h5-12H,4H2,1-3H3/b12-8+,14-11-. The summed E-state index contributed by atoms with van der Waals surface area (Å²) in [6.07, 6.45) is 4.32. The molecule has 5 heteroatoms. The van der Waals surface area contributed by atoms with Gasteiger partial charge in [-0.2, -0.15) is 0 Å². The van der Waals surface area contributed by atoms with Crippen LogP contribution in [-0.2, 0) is 19.2 Å². The maximum atomic E-state index is 12.3. The van der Waals surface area contributed by atoms with Crippen molar-refractivity contribution in [1.29, 1.82) is 0 Å². The van der Waals surface area contributed by atoms with Crippen LogP contribution in [0.4, 0.5) is 0 Å². The molecule has 0 atom stereocenters. The van der Waals surface area contributed by atoms with Gasteiger partial charge >= 0.3 is 5.97 Å². The van der Waals surface area contributed by atoms with E-state index in [0.29, 0.717) is 12.2 Å². The van der Waals surface area contributed by atoms with E-state index in [2.05, 4.69) is 0 Å². The third-order valence-corrected chi connectivity index (χ3v) is 2.66. The van der Waals surface area contributed by atoms with Crippen LogP contribution in [0.25, 0.3) is 5.57 Å². The minimum absolute atomic E-state index is 0.308. The lowest BCUT2D eigenvalue weighted by Gasteiger charge is -2.15. The van der Waals surface area contributed by atoms with Crippen molar-refractivity contribution in [2.75, 3.05) is 20.8 Å². The number of hydrogen-bond acceptors (Lipinski definition) is 4. The maximum Gasteiger partial charge on any atom is 0.330 e. The first-order valence-corrected chi connectivity index (χ1v) is 6.52. The second-order valence-electron chi connectivity index (χ2n) is 4.04. The molecule has 1 rings (SSSR count). The van der Waals surface area contributed by atoms with Crippen molar-refractivity contribution in [3.05, 3.63) is 54.1 Å². The first-order valence-electron chi connectivity index (χ1n) is 6.52. The smallest absolute Gasteiger partial charge is 0.330 e. The van der Waals surface area contributed by atoms with Gasteiger partial charge in [0.1, 0.15) is 0 Å². The van der Waals surface area contributed by atoms with E-state index in [1.165, 1.54) is 26.3 Å². The van der Waals surface area contributed by atoms with E-state index in [1.54, 1.807) is 13.0 Å². The molecule has 1 aromatic carbocycles. The number of likely N-dealkylation sites (N-methyl/N-ethyl adjacent to an activating group) is 1. The lowest BCUT2D eigenvalue weighted by Crippen LogP contribution is -2.26. The van der Waals surface area contributed by atoms with Gasteiger partial charge in [-0.25, -0.2) is 9.86 Å². The van der Waals surface area contributed by atoms with Crippen LogP contribution in [0.3, 0.4) is 0 Å². The molecule has 0 fully saturated rings. The van der Waals surface area contributed by atoms with Crippen molar-refractivity contribution in [3.63, 3.8) is 0 Å². The highest BCUT2D eigenvalue weighted by Crippen LogP contribution is 2.16. The highest BCUT2D eigenvalue weighted by molar-refractivity contribution is 6.19. The summed E-state index contributed by atoms with van der Waals surface area (Å²) in [5.74, 6) is -0.758. The Morgan fingerprint density at radius 1 is 1.24 bits per heavy atom. The van der Waals surface area contributed by atoms with E-state index in [4.69, 9.17) is 9.57 Å². The van der Waals surface area contributed by atoms with Crippen molar-refractivity contribution in [3.8, 4) is 0 Å². The summed E-state index contributed by atoms with van der Waals surface area (Å²) in [6.45, 7) is 2.04. The van der Waals surface area contributed by atoms with Crippen molar-refractivity contribution in [2.24, 2.45) is 0 Å². The number of esters is 1. The highest BCUT2D eigenvalue weighted by atomic mass is 16.7. The molecule has 0 saturated heterocycles. The second kappa shape index (κ2) is 8.71. The fraction of sp³-hybridized carbons (Fsp3) is 0.250. The molecule has 0 bridgehead atoms. The normalized spacial score (nSPS) is 11.5. The second-order valence-corrected chi connectivity index (χ2v) is 4.04. The third-order valence-electron chi connectivity index (χ3n) is 2.66. The van der Waals surface area contributed by atoms with Gasteiger partial charge in [0.25, 0.3) is 5.91 Å². The minimum Gasteiger partial charge on any atom is -0.463 e. The predicted octanol–water partition coefficient (Wildman–Crippen LogP) is 2.21. The molecule has 0 aliphatic heterocycles. The molecule has 5 nitrogen and oxygen atoms in total. The van der Waals surface area contributed by atoms with E-state index >= 15 is 0 Å². The SMILES string of the molecule is CCOC(=O)/C=C/C=C(\C(=O)N(C)OC)c1ccccc1. The minimum atomic E-state index is -0.450. The lowest BCUT2D eigenvalue weighted by molar-refractivity contribution is -0.161. The Hall–Kier alpha value is -2.40. The Bertz CT molecular complexity index is 534. The lowest BCUT2D eigenvalue weighted by atomic mass is 10.0. The first-order chi connectivity index (χ1) is 10.1. The number of hydrogen-bond donors (Lipinski definition) is 0. The van der Waals surface area contributed by atoms with Gasteiger partial charge in [-0.3, -0.25) is 9.63 Å². The average molecular weight is 289 g/mol. The molecule has 0 spiro atoms. The van der Waals surface area contributed by atoms with E-state index < -0.39 is 5.97 Å². The summed E-state index contributed by atoms with van der Waals surface area (Å²) in [6, 6.07) is 9.15. The Morgan fingerprint density at radius 2 is 1.90 bits per heavy atom. The number of rotatable bonds is 6. The van der Waals surface area contributed by atoms with Crippen molar-refractivity contribution >= 4 is 17.4 Å². The summed E-state index contributed by atoms with van der Waals surface area (Å²) in [5.41, 5.74) is 1.15. The molecular weight excluding hydrogens is 270 g/mol. The van der Waals surface area contributed by atoms with Gasteiger partial charge in [-0.1, -0.05) is 36.4 Å². The average Bonchev–Trinajstić information content (AvgIpc) is 2.51. The van der Waals surface area contributed by atoms with Gasteiger partial charge in [-0.15, -0.1) is 0 Å². The molecule has 0 radical (unpaired) electrons. The molecule has 1 amide bonds. The summed E-state index contributed by atoms with van der Waals surface area (Å²) in [5, 5.41) is 1.12. The fourth-order valence-electron chi connectivity index (χ4n) is 1.57. The highest BCUT2D eigenvalue weighted by Gasteiger charge is 2.15. The molecule has 1 aromatic rings. The number of carbonyl (C=O) groups is 2. The van der Waals surface area contributed by atoms with E-state index in [0.717, 1.165) is 10.6 Å². The first kappa shape index (κ1) is 16.7. The summed E-state index contributed by atoms with van der Waals surface area (Å²) < 4.78 is 4.78. The maximum absolute atomic E-state index is 12.3. The topological polar surface area (TPSA) is 55.8 Å². The van der Waals surface area contributed by atoms with Crippen LogP contribution in [0.15, 0.2) is 48.6 Å². The van der Waals surface area contributed by atoms with Gasteiger partial charge in [0.05, 0.1) is 13.7 Å². The number of allylic oxidation sites excluding steroid dienone is 2. The molecular formula is C16H19NO4. The van der Waals surface area contributed by atoms with Crippen LogP contribution in [0.1, 0.15) is 12.5 Å². The Kier molecular flexibility index (Phi) is 6.91. The Morgan fingerprint density at radius 3 is 2.48 bits per heavy atom. The van der Waals surface area contributed by atoms with E-state index in [-0.39, 0.29) is 5.91 Å². The van der Waals surface area contributed by atoms with Crippen LogP contribution in [0.5, 0.6) is 0 Å². The molecule has 0 heterocycles. The monoisotopic (exact) mass is 289 g/mol. The Balaban J connectivity index is 3.03. The van der Waals surface area contributed by atoms with Crippen molar-refractivity contribution in [1.82, 2.24) is 5.06 Å². The summed E-state index contributed by atoms with van der Waals surface area (Å²) in [7, 11) is 2.93. The summed E-state index contributed by atoms with van der Waals surface area (Å²) >= 11 is 0. The third kappa shape index (κ3) is 5.24. The molecule has 0 N–H and O–H groups in total. The molecule has 0 aromatic heterocycles. The quantitative estimate of drug-likeness (QED) is 0.349. The van der Waals surface area contributed by atoms with Crippen molar-refractivity contribution in [2.45, 2.75) is 6.92 Å². The number of carbonyl (C=O) groups excluding carboxylic acids is 2. The zero-order chi connectivity index (χ0) is 15.7. The summed E-state index contributed by atoms with van der Waals surface area (Å²) in [4.78, 5) is 28.4. The van der Waals surface area contributed by atoms with Crippen molar-refractivity contribution < 1.29 is 19.2 Å². The van der Waals surface area contributed by atoms with E-state index in [9.17, 15) is 9.59 Å². The Labute approximate surface area is 124 Å². The van der Waals surface area contributed by atoms with Gasteiger partial charge < -0.3 is 4.74 Å². The van der Waals surface area contributed by atoms with Crippen LogP contribution < -0.4 is 0 Å². The van der Waals surface area contributed by atoms with Gasteiger partial charge in [0.15, 0.2) is 0 Å². The van der Waals surface area contributed by atoms with Crippen LogP contribution in [0, 0.1) is 0 Å². The largest absolute Gasteiger partial charge is 0.463 e. The molecule has 0 saturated carbocycles. The predicted molar refractivity (Wildman–Crippen MR) is 80.0 cm³/mol. The van der Waals surface area contributed by atoms with Crippen LogP contribution in [-0.4, -0.2) is 37.7 Å². The van der Waals surface area contributed by atoms with Crippen LogP contribution in [0.2, 0.25) is 0 Å². The molecule has 21 heavy (non-hydrogen) atoms.